The number of imide groups is 1. The van der Waals surface area contributed by atoms with Crippen LogP contribution < -0.4 is 5.32 Å². The Labute approximate surface area is 170 Å². The maximum absolute atomic E-state index is 12.5. The van der Waals surface area contributed by atoms with Crippen LogP contribution in [0.1, 0.15) is 12.8 Å². The molecule has 29 heavy (non-hydrogen) atoms. The average molecular weight is 406 g/mol. The first-order valence-corrected chi connectivity index (χ1v) is 10.3. The summed E-state index contributed by atoms with van der Waals surface area (Å²) in [7, 11) is 0. The summed E-state index contributed by atoms with van der Waals surface area (Å²) in [5.74, 6) is -1.49. The molecule has 2 unspecified atom stereocenters. The quantitative estimate of drug-likeness (QED) is 0.533. The van der Waals surface area contributed by atoms with E-state index < -0.39 is 0 Å². The number of likely N-dealkylation sites (tertiary alicyclic amines) is 1. The highest BCUT2D eigenvalue weighted by atomic mass is 32.1. The summed E-state index contributed by atoms with van der Waals surface area (Å²) < 4.78 is 1.97. The van der Waals surface area contributed by atoms with Gasteiger partial charge in [-0.15, -0.1) is 11.3 Å². The van der Waals surface area contributed by atoms with Crippen molar-refractivity contribution in [3.05, 3.63) is 54.2 Å². The molecule has 1 N–H and O–H groups in total. The number of anilines is 1. The van der Waals surface area contributed by atoms with E-state index in [1.807, 2.05) is 46.5 Å². The van der Waals surface area contributed by atoms with Crippen LogP contribution in [0.4, 0.5) is 5.69 Å². The Morgan fingerprint density at radius 1 is 1.10 bits per heavy atom. The van der Waals surface area contributed by atoms with Crippen LogP contribution in [-0.4, -0.2) is 38.6 Å². The number of carbonyl (C=O) groups excluding carboxylic acids is 3. The second-order valence-corrected chi connectivity index (χ2v) is 8.14. The number of aromatic nitrogens is 2. The van der Waals surface area contributed by atoms with Gasteiger partial charge in [-0.05, 0) is 25.0 Å². The van der Waals surface area contributed by atoms with Crippen LogP contribution in [-0.2, 0) is 14.4 Å². The maximum atomic E-state index is 12.5. The molecule has 2 aliphatic rings. The lowest BCUT2D eigenvalue weighted by Gasteiger charge is -2.14. The topological polar surface area (TPSA) is 83.8 Å². The standard InChI is InChI=1S/C21H18N4O3S/c26-18(12-25-19(27)15-3-1-2-4-16(15)20(25)28)22-14-7-5-13(6-8-14)17-11-24-9-10-29-21(24)23-17/h1-2,5-11,15-16H,3-4,12H2,(H,22,26). The van der Waals surface area contributed by atoms with Crippen molar-refractivity contribution in [3.63, 3.8) is 0 Å². The van der Waals surface area contributed by atoms with Gasteiger partial charge in [-0.1, -0.05) is 24.3 Å². The number of hydrogen-bond acceptors (Lipinski definition) is 5. The van der Waals surface area contributed by atoms with Gasteiger partial charge in [0.1, 0.15) is 6.54 Å². The van der Waals surface area contributed by atoms with Crippen molar-refractivity contribution >= 4 is 39.7 Å². The van der Waals surface area contributed by atoms with Gasteiger partial charge in [-0.2, -0.15) is 0 Å². The molecule has 1 aliphatic carbocycles. The summed E-state index contributed by atoms with van der Waals surface area (Å²) in [6, 6.07) is 7.35. The fourth-order valence-corrected chi connectivity index (χ4v) is 4.66. The van der Waals surface area contributed by atoms with Crippen LogP contribution in [0, 0.1) is 11.8 Å². The molecule has 2 atom stereocenters. The third-order valence-corrected chi connectivity index (χ3v) is 6.23. The number of imidazole rings is 1. The van der Waals surface area contributed by atoms with Crippen molar-refractivity contribution in [3.8, 4) is 11.3 Å². The van der Waals surface area contributed by atoms with E-state index in [2.05, 4.69) is 10.3 Å². The Hall–Kier alpha value is -3.26. The Bertz CT molecular complexity index is 1090. The number of benzene rings is 1. The highest BCUT2D eigenvalue weighted by Gasteiger charge is 2.47. The number of allylic oxidation sites excluding steroid dienone is 2. The van der Waals surface area contributed by atoms with E-state index >= 15 is 0 Å². The Morgan fingerprint density at radius 3 is 2.45 bits per heavy atom. The van der Waals surface area contributed by atoms with E-state index in [1.165, 1.54) is 0 Å². The van der Waals surface area contributed by atoms with Crippen molar-refractivity contribution in [1.29, 1.82) is 0 Å². The Morgan fingerprint density at radius 2 is 1.79 bits per heavy atom. The van der Waals surface area contributed by atoms with Crippen LogP contribution in [0.5, 0.6) is 0 Å². The predicted octanol–water partition coefficient (Wildman–Crippen LogP) is 2.95. The largest absolute Gasteiger partial charge is 0.325 e. The third-order valence-electron chi connectivity index (χ3n) is 5.46. The van der Waals surface area contributed by atoms with Gasteiger partial charge >= 0.3 is 0 Å². The van der Waals surface area contributed by atoms with E-state index in [-0.39, 0.29) is 36.1 Å². The average Bonchev–Trinajstić information content (AvgIpc) is 3.39. The van der Waals surface area contributed by atoms with E-state index in [9.17, 15) is 14.4 Å². The van der Waals surface area contributed by atoms with E-state index in [0.29, 0.717) is 18.5 Å². The molecule has 2 aromatic heterocycles. The normalized spacial score (nSPS) is 21.0. The van der Waals surface area contributed by atoms with Crippen LogP contribution in [0.3, 0.4) is 0 Å². The van der Waals surface area contributed by atoms with E-state index in [4.69, 9.17) is 0 Å². The minimum absolute atomic E-state index is 0.241. The molecule has 1 fully saturated rings. The number of hydrogen-bond donors (Lipinski definition) is 1. The summed E-state index contributed by atoms with van der Waals surface area (Å²) in [6.45, 7) is -0.246. The lowest BCUT2D eigenvalue weighted by molar-refractivity contribution is -0.142. The molecule has 1 aromatic carbocycles. The SMILES string of the molecule is O=C(CN1C(=O)C2CC=CCC2C1=O)Nc1ccc(-c2cn3ccsc3n2)cc1. The molecule has 5 rings (SSSR count). The summed E-state index contributed by atoms with van der Waals surface area (Å²) in [5, 5.41) is 4.75. The summed E-state index contributed by atoms with van der Waals surface area (Å²) in [6.07, 6.45) is 8.92. The number of nitrogens with zero attached hydrogens (tertiary/aromatic N) is 3. The fraction of sp³-hybridized carbons (Fsp3) is 0.238. The van der Waals surface area contributed by atoms with Gasteiger partial charge < -0.3 is 5.32 Å². The maximum Gasteiger partial charge on any atom is 0.244 e. The number of carbonyl (C=O) groups is 3. The molecule has 0 radical (unpaired) electrons. The second kappa shape index (κ2) is 6.97. The lowest BCUT2D eigenvalue weighted by Crippen LogP contribution is -2.38. The van der Waals surface area contributed by atoms with Crippen molar-refractivity contribution < 1.29 is 14.4 Å². The first-order chi connectivity index (χ1) is 14.1. The third kappa shape index (κ3) is 3.15. The van der Waals surface area contributed by atoms with Crippen molar-refractivity contribution in [1.82, 2.24) is 14.3 Å². The minimum atomic E-state index is -0.381. The van der Waals surface area contributed by atoms with Crippen molar-refractivity contribution in [2.24, 2.45) is 11.8 Å². The Balaban J connectivity index is 1.24. The molecular weight excluding hydrogens is 388 g/mol. The van der Waals surface area contributed by atoms with Crippen LogP contribution in [0.25, 0.3) is 16.2 Å². The molecule has 0 saturated carbocycles. The highest BCUT2D eigenvalue weighted by Crippen LogP contribution is 2.34. The van der Waals surface area contributed by atoms with Gasteiger partial charge in [-0.3, -0.25) is 23.7 Å². The molecular formula is C21H18N4O3S. The van der Waals surface area contributed by atoms with Gasteiger partial charge in [0.25, 0.3) is 0 Å². The Kier molecular flexibility index (Phi) is 4.28. The van der Waals surface area contributed by atoms with Gasteiger partial charge in [0.05, 0.1) is 17.5 Å². The fourth-order valence-electron chi connectivity index (χ4n) is 3.96. The van der Waals surface area contributed by atoms with Crippen LogP contribution in [0.2, 0.25) is 0 Å². The molecule has 8 heteroatoms. The van der Waals surface area contributed by atoms with Gasteiger partial charge in [0, 0.05) is 29.0 Å². The molecule has 7 nitrogen and oxygen atoms in total. The number of rotatable bonds is 4. The molecule has 3 amide bonds. The van der Waals surface area contributed by atoms with Gasteiger partial charge in [0.15, 0.2) is 4.96 Å². The highest BCUT2D eigenvalue weighted by molar-refractivity contribution is 7.15. The van der Waals surface area contributed by atoms with Crippen LogP contribution in [0.15, 0.2) is 54.2 Å². The number of nitrogens with one attached hydrogen (secondary N) is 1. The summed E-state index contributed by atoms with van der Waals surface area (Å²) >= 11 is 1.57. The molecule has 146 valence electrons. The minimum Gasteiger partial charge on any atom is -0.325 e. The van der Waals surface area contributed by atoms with Crippen molar-refractivity contribution in [2.75, 3.05) is 11.9 Å². The van der Waals surface area contributed by atoms with Gasteiger partial charge in [0.2, 0.25) is 17.7 Å². The number of thiazole rings is 1. The number of fused-ring (bicyclic) bond motifs is 2. The van der Waals surface area contributed by atoms with E-state index in [1.54, 1.807) is 23.5 Å². The zero-order chi connectivity index (χ0) is 20.0. The molecule has 0 bridgehead atoms. The summed E-state index contributed by atoms with van der Waals surface area (Å²) in [4.78, 5) is 44.0. The molecule has 3 aromatic rings. The number of amides is 3. The predicted molar refractivity (Wildman–Crippen MR) is 109 cm³/mol. The second-order valence-electron chi connectivity index (χ2n) is 7.26. The first-order valence-electron chi connectivity index (χ1n) is 9.43. The van der Waals surface area contributed by atoms with Gasteiger partial charge in [-0.25, -0.2) is 4.98 Å². The zero-order valence-corrected chi connectivity index (χ0v) is 16.3. The molecule has 3 heterocycles. The van der Waals surface area contributed by atoms with Crippen molar-refractivity contribution in [2.45, 2.75) is 12.8 Å². The zero-order valence-electron chi connectivity index (χ0n) is 15.4. The van der Waals surface area contributed by atoms with E-state index in [0.717, 1.165) is 21.1 Å². The van der Waals surface area contributed by atoms with Crippen LogP contribution >= 0.6 is 11.3 Å². The molecule has 0 spiro atoms. The first kappa shape index (κ1) is 17.8. The molecule has 1 aliphatic heterocycles. The lowest BCUT2D eigenvalue weighted by atomic mass is 9.85. The molecule has 1 saturated heterocycles. The monoisotopic (exact) mass is 406 g/mol. The summed E-state index contributed by atoms with van der Waals surface area (Å²) in [5.41, 5.74) is 2.41. The smallest absolute Gasteiger partial charge is 0.244 e.